The van der Waals surface area contributed by atoms with Crippen molar-refractivity contribution in [1.29, 1.82) is 0 Å². The molecule has 0 aliphatic carbocycles. The van der Waals surface area contributed by atoms with Crippen LogP contribution in [0.3, 0.4) is 0 Å². The molecule has 1 aromatic carbocycles. The van der Waals surface area contributed by atoms with Gasteiger partial charge in [0.1, 0.15) is 0 Å². The number of hydrogen-bond acceptors (Lipinski definition) is 2. The van der Waals surface area contributed by atoms with Crippen molar-refractivity contribution < 1.29 is 4.79 Å². The normalized spacial score (nSPS) is 19.7. The van der Waals surface area contributed by atoms with Crippen LogP contribution in [0.2, 0.25) is 0 Å². The van der Waals surface area contributed by atoms with Gasteiger partial charge in [0.25, 0.3) is 0 Å². The van der Waals surface area contributed by atoms with Gasteiger partial charge < -0.3 is 9.80 Å². The number of carbonyl (C=O) groups is 1. The lowest BCUT2D eigenvalue weighted by Crippen LogP contribution is -2.38. The quantitative estimate of drug-likeness (QED) is 0.642. The fourth-order valence-electron chi connectivity index (χ4n) is 4.29. The molecule has 0 bridgehead atoms. The van der Waals surface area contributed by atoms with Crippen molar-refractivity contribution in [1.82, 2.24) is 4.90 Å². The number of hydrogen-bond donors (Lipinski definition) is 0. The molecule has 3 rings (SSSR count). The average molecular weight is 343 g/mol. The molecule has 0 spiro atoms. The third kappa shape index (κ3) is 5.31. The van der Waals surface area contributed by atoms with E-state index in [1.54, 1.807) is 0 Å². The Morgan fingerprint density at radius 1 is 1.00 bits per heavy atom. The van der Waals surface area contributed by atoms with Gasteiger partial charge in [0.2, 0.25) is 5.91 Å². The summed E-state index contributed by atoms with van der Waals surface area (Å²) in [5.74, 6) is 0.876. The number of benzene rings is 1. The van der Waals surface area contributed by atoms with E-state index in [9.17, 15) is 4.79 Å². The standard InChI is InChI=1S/C22H34N2O/c1-19(10-4-2-7-15-23-16-8-3-9-17-23)18-24-21-12-6-5-11-20(21)13-14-22(24)25/h5-6,11-12,19H,2-4,7-10,13-18H2,1H3/t19-/m1/s1. The monoisotopic (exact) mass is 342 g/mol. The zero-order chi connectivity index (χ0) is 17.5. The molecule has 25 heavy (non-hydrogen) atoms. The molecular formula is C22H34N2O. The lowest BCUT2D eigenvalue weighted by atomic mass is 9.97. The van der Waals surface area contributed by atoms with Gasteiger partial charge in [-0.1, -0.05) is 44.4 Å². The van der Waals surface area contributed by atoms with Crippen LogP contribution in [-0.4, -0.2) is 37.0 Å². The molecule has 138 valence electrons. The molecular weight excluding hydrogens is 308 g/mol. The number of unbranched alkanes of at least 4 members (excludes halogenated alkanes) is 2. The molecule has 0 unspecified atom stereocenters. The lowest BCUT2D eigenvalue weighted by Gasteiger charge is -2.31. The van der Waals surface area contributed by atoms with Crippen LogP contribution < -0.4 is 4.90 Å². The summed E-state index contributed by atoms with van der Waals surface area (Å²) < 4.78 is 0. The van der Waals surface area contributed by atoms with Gasteiger partial charge in [-0.25, -0.2) is 0 Å². The van der Waals surface area contributed by atoms with Crippen LogP contribution in [0, 0.1) is 5.92 Å². The summed E-state index contributed by atoms with van der Waals surface area (Å²) in [5, 5.41) is 0. The van der Waals surface area contributed by atoms with Gasteiger partial charge in [-0.15, -0.1) is 0 Å². The van der Waals surface area contributed by atoms with Crippen molar-refractivity contribution in [3.63, 3.8) is 0 Å². The first-order valence-electron chi connectivity index (χ1n) is 10.3. The summed E-state index contributed by atoms with van der Waals surface area (Å²) in [6, 6.07) is 8.41. The highest BCUT2D eigenvalue weighted by molar-refractivity contribution is 5.96. The molecule has 0 radical (unpaired) electrons. The number of amides is 1. The largest absolute Gasteiger partial charge is 0.312 e. The Morgan fingerprint density at radius 3 is 2.64 bits per heavy atom. The van der Waals surface area contributed by atoms with Gasteiger partial charge in [0.05, 0.1) is 0 Å². The van der Waals surface area contributed by atoms with Gasteiger partial charge in [-0.2, -0.15) is 0 Å². The number of rotatable bonds is 8. The van der Waals surface area contributed by atoms with E-state index in [-0.39, 0.29) is 0 Å². The molecule has 2 aliphatic heterocycles. The third-order valence-electron chi connectivity index (χ3n) is 5.81. The summed E-state index contributed by atoms with van der Waals surface area (Å²) in [5.41, 5.74) is 2.48. The van der Waals surface area contributed by atoms with E-state index in [0.717, 1.165) is 18.7 Å². The number of carbonyl (C=O) groups excluding carboxylic acids is 1. The summed E-state index contributed by atoms with van der Waals surface area (Å²) in [4.78, 5) is 17.0. The fourth-order valence-corrected chi connectivity index (χ4v) is 4.29. The summed E-state index contributed by atoms with van der Waals surface area (Å²) >= 11 is 0. The van der Waals surface area contributed by atoms with Crippen molar-refractivity contribution in [2.45, 2.75) is 64.7 Å². The summed E-state index contributed by atoms with van der Waals surface area (Å²) in [6.45, 7) is 7.09. The number of fused-ring (bicyclic) bond motifs is 1. The second-order valence-corrected chi connectivity index (χ2v) is 7.99. The van der Waals surface area contributed by atoms with Crippen molar-refractivity contribution in [2.75, 3.05) is 31.1 Å². The van der Waals surface area contributed by atoms with Crippen LogP contribution in [0.4, 0.5) is 5.69 Å². The number of likely N-dealkylation sites (tertiary alicyclic amines) is 1. The SMILES string of the molecule is C[C@H](CCCCCN1CCCCC1)CN1C(=O)CCc2ccccc21. The maximum Gasteiger partial charge on any atom is 0.227 e. The van der Waals surface area contributed by atoms with E-state index in [1.807, 2.05) is 4.90 Å². The predicted molar refractivity (Wildman–Crippen MR) is 105 cm³/mol. The fraction of sp³-hybridized carbons (Fsp3) is 0.682. The number of anilines is 1. The molecule has 1 atom stereocenters. The van der Waals surface area contributed by atoms with E-state index >= 15 is 0 Å². The van der Waals surface area contributed by atoms with Crippen LogP contribution >= 0.6 is 0 Å². The Kier molecular flexibility index (Phi) is 6.92. The molecule has 1 amide bonds. The molecule has 2 aliphatic rings. The minimum atomic E-state index is 0.302. The molecule has 0 aromatic heterocycles. The second-order valence-electron chi connectivity index (χ2n) is 7.99. The van der Waals surface area contributed by atoms with Gasteiger partial charge in [-0.3, -0.25) is 4.79 Å². The zero-order valence-corrected chi connectivity index (χ0v) is 15.9. The van der Waals surface area contributed by atoms with E-state index in [4.69, 9.17) is 0 Å². The van der Waals surface area contributed by atoms with Crippen LogP contribution in [0.25, 0.3) is 0 Å². The molecule has 3 heteroatoms. The van der Waals surface area contributed by atoms with E-state index in [2.05, 4.69) is 36.1 Å². The minimum absolute atomic E-state index is 0.302. The topological polar surface area (TPSA) is 23.6 Å². The van der Waals surface area contributed by atoms with Crippen LogP contribution in [0.5, 0.6) is 0 Å². The van der Waals surface area contributed by atoms with Gasteiger partial charge >= 0.3 is 0 Å². The first-order valence-corrected chi connectivity index (χ1v) is 10.3. The number of nitrogens with zero attached hydrogens (tertiary/aromatic N) is 2. The molecule has 1 fully saturated rings. The van der Waals surface area contributed by atoms with Crippen molar-refractivity contribution in [3.8, 4) is 0 Å². The third-order valence-corrected chi connectivity index (χ3v) is 5.81. The van der Waals surface area contributed by atoms with Gasteiger partial charge in [0.15, 0.2) is 0 Å². The minimum Gasteiger partial charge on any atom is -0.312 e. The van der Waals surface area contributed by atoms with Crippen LogP contribution in [-0.2, 0) is 11.2 Å². The summed E-state index contributed by atoms with van der Waals surface area (Å²) in [6.07, 6.45) is 10.9. The lowest BCUT2D eigenvalue weighted by molar-refractivity contribution is -0.119. The van der Waals surface area contributed by atoms with Gasteiger partial charge in [-0.05, 0) is 69.3 Å². The molecule has 3 nitrogen and oxygen atoms in total. The van der Waals surface area contributed by atoms with E-state index in [0.29, 0.717) is 18.2 Å². The van der Waals surface area contributed by atoms with E-state index < -0.39 is 0 Å². The second kappa shape index (κ2) is 9.38. The Labute approximate surface area is 153 Å². The van der Waals surface area contributed by atoms with Crippen molar-refractivity contribution in [3.05, 3.63) is 29.8 Å². The molecule has 1 aromatic rings. The van der Waals surface area contributed by atoms with Crippen molar-refractivity contribution >= 4 is 11.6 Å². The molecule has 1 saturated heterocycles. The van der Waals surface area contributed by atoms with Crippen LogP contribution in [0.15, 0.2) is 24.3 Å². The first kappa shape index (κ1) is 18.4. The maximum absolute atomic E-state index is 12.4. The number of piperidine rings is 1. The summed E-state index contributed by atoms with van der Waals surface area (Å²) in [7, 11) is 0. The van der Waals surface area contributed by atoms with Gasteiger partial charge in [0, 0.05) is 18.7 Å². The Bertz CT molecular complexity index is 551. The Hall–Kier alpha value is -1.35. The molecule has 0 saturated carbocycles. The predicted octanol–water partition coefficient (Wildman–Crippen LogP) is 4.65. The Balaban J connectivity index is 1.37. The van der Waals surface area contributed by atoms with Crippen molar-refractivity contribution in [2.24, 2.45) is 5.92 Å². The Morgan fingerprint density at radius 2 is 1.80 bits per heavy atom. The smallest absolute Gasteiger partial charge is 0.227 e. The average Bonchev–Trinajstić information content (AvgIpc) is 2.65. The molecule has 2 heterocycles. The highest BCUT2D eigenvalue weighted by Gasteiger charge is 2.24. The zero-order valence-electron chi connectivity index (χ0n) is 15.9. The number of aryl methyl sites for hydroxylation is 1. The highest BCUT2D eigenvalue weighted by Crippen LogP contribution is 2.28. The maximum atomic E-state index is 12.4. The van der Waals surface area contributed by atoms with E-state index in [1.165, 1.54) is 70.1 Å². The first-order chi connectivity index (χ1) is 12.2. The molecule has 0 N–H and O–H groups in total. The number of para-hydroxylation sites is 1. The van der Waals surface area contributed by atoms with Crippen LogP contribution in [0.1, 0.15) is 63.9 Å². The highest BCUT2D eigenvalue weighted by atomic mass is 16.2.